The molecule has 0 fully saturated rings. The fourth-order valence-corrected chi connectivity index (χ4v) is 2.25. The van der Waals surface area contributed by atoms with Crippen LogP contribution in [0.25, 0.3) is 10.4 Å². The molecule has 0 aliphatic heterocycles. The average Bonchev–Trinajstić information content (AvgIpc) is 2.71. The molecule has 2 aromatic rings. The molecule has 1 aromatic heterocycles. The molecule has 0 spiro atoms. The molecule has 0 radical (unpaired) electrons. The van der Waals surface area contributed by atoms with E-state index in [2.05, 4.69) is 0 Å². The summed E-state index contributed by atoms with van der Waals surface area (Å²) in [4.78, 5) is 1.40. The molecule has 84 valence electrons. The van der Waals surface area contributed by atoms with Crippen LogP contribution in [0.4, 0.5) is 13.2 Å². The average molecular weight is 243 g/mol. The lowest BCUT2D eigenvalue weighted by Crippen LogP contribution is -1.91. The fourth-order valence-electron chi connectivity index (χ4n) is 1.34. The highest BCUT2D eigenvalue weighted by molar-refractivity contribution is 7.15. The number of hydrogen-bond donors (Lipinski definition) is 1. The summed E-state index contributed by atoms with van der Waals surface area (Å²) in [7, 11) is 0. The quantitative estimate of drug-likeness (QED) is 0.805. The SMILES string of the molecule is NCc1ccc(-c2cc(F)c(F)cc2F)s1. The van der Waals surface area contributed by atoms with Crippen LogP contribution in [-0.4, -0.2) is 0 Å². The molecule has 0 atom stereocenters. The van der Waals surface area contributed by atoms with Gasteiger partial charge in [0.15, 0.2) is 11.6 Å². The van der Waals surface area contributed by atoms with E-state index in [9.17, 15) is 13.2 Å². The van der Waals surface area contributed by atoms with Crippen molar-refractivity contribution in [2.45, 2.75) is 6.54 Å². The minimum absolute atomic E-state index is 0.0589. The number of thiophene rings is 1. The van der Waals surface area contributed by atoms with Crippen molar-refractivity contribution >= 4 is 11.3 Å². The van der Waals surface area contributed by atoms with E-state index in [-0.39, 0.29) is 5.56 Å². The Morgan fingerprint density at radius 1 is 1.00 bits per heavy atom. The van der Waals surface area contributed by atoms with Crippen molar-refractivity contribution in [1.29, 1.82) is 0 Å². The van der Waals surface area contributed by atoms with Crippen molar-refractivity contribution in [1.82, 2.24) is 0 Å². The van der Waals surface area contributed by atoms with E-state index in [4.69, 9.17) is 5.73 Å². The van der Waals surface area contributed by atoms with E-state index < -0.39 is 17.5 Å². The van der Waals surface area contributed by atoms with Gasteiger partial charge in [0.05, 0.1) is 0 Å². The molecule has 1 heterocycles. The van der Waals surface area contributed by atoms with Crippen LogP contribution >= 0.6 is 11.3 Å². The number of halogens is 3. The monoisotopic (exact) mass is 243 g/mol. The first-order valence-electron chi connectivity index (χ1n) is 4.55. The van der Waals surface area contributed by atoms with Gasteiger partial charge < -0.3 is 5.73 Å². The molecule has 5 heteroatoms. The second-order valence-corrected chi connectivity index (χ2v) is 4.38. The minimum Gasteiger partial charge on any atom is -0.326 e. The van der Waals surface area contributed by atoms with Gasteiger partial charge in [-0.1, -0.05) is 0 Å². The summed E-state index contributed by atoms with van der Waals surface area (Å²) in [5, 5.41) is 0. The highest BCUT2D eigenvalue weighted by atomic mass is 32.1. The van der Waals surface area contributed by atoms with Gasteiger partial charge in [-0.3, -0.25) is 0 Å². The van der Waals surface area contributed by atoms with Crippen molar-refractivity contribution in [3.8, 4) is 10.4 Å². The molecule has 2 N–H and O–H groups in total. The maximum Gasteiger partial charge on any atom is 0.161 e. The lowest BCUT2D eigenvalue weighted by atomic mass is 10.1. The van der Waals surface area contributed by atoms with Crippen LogP contribution in [0.15, 0.2) is 24.3 Å². The van der Waals surface area contributed by atoms with E-state index in [1.807, 2.05) is 0 Å². The van der Waals surface area contributed by atoms with Crippen molar-refractivity contribution < 1.29 is 13.2 Å². The molecule has 1 aromatic carbocycles. The van der Waals surface area contributed by atoms with Crippen LogP contribution in [0.2, 0.25) is 0 Å². The van der Waals surface area contributed by atoms with E-state index in [1.54, 1.807) is 12.1 Å². The molecule has 0 saturated carbocycles. The van der Waals surface area contributed by atoms with Crippen molar-refractivity contribution in [3.63, 3.8) is 0 Å². The topological polar surface area (TPSA) is 26.0 Å². The van der Waals surface area contributed by atoms with Crippen LogP contribution in [0.3, 0.4) is 0 Å². The Kier molecular flexibility index (Phi) is 2.98. The van der Waals surface area contributed by atoms with E-state index in [0.29, 0.717) is 17.5 Å². The summed E-state index contributed by atoms with van der Waals surface area (Å²) in [6.45, 7) is 0.343. The van der Waals surface area contributed by atoms with Gasteiger partial charge >= 0.3 is 0 Å². The predicted molar refractivity (Wildman–Crippen MR) is 57.5 cm³/mol. The molecule has 0 aliphatic rings. The standard InChI is InChI=1S/C11H8F3NS/c12-8-4-10(14)9(13)3-7(8)11-2-1-6(5-15)16-11/h1-4H,5,15H2. The first-order chi connectivity index (χ1) is 7.61. The molecule has 1 nitrogen and oxygen atoms in total. The van der Waals surface area contributed by atoms with Crippen LogP contribution < -0.4 is 5.73 Å². The van der Waals surface area contributed by atoms with Gasteiger partial charge in [0.2, 0.25) is 0 Å². The molecule has 2 rings (SSSR count). The zero-order valence-electron chi connectivity index (χ0n) is 8.14. The second kappa shape index (κ2) is 4.27. The summed E-state index contributed by atoms with van der Waals surface area (Å²) >= 11 is 1.26. The molecule has 0 bridgehead atoms. The normalized spacial score (nSPS) is 10.8. The lowest BCUT2D eigenvalue weighted by molar-refractivity contribution is 0.496. The van der Waals surface area contributed by atoms with Gasteiger partial charge in [0.25, 0.3) is 0 Å². The molecular formula is C11H8F3NS. The van der Waals surface area contributed by atoms with E-state index in [1.165, 1.54) is 11.3 Å². The lowest BCUT2D eigenvalue weighted by Gasteiger charge is -2.01. The Morgan fingerprint density at radius 3 is 2.31 bits per heavy atom. The van der Waals surface area contributed by atoms with Crippen LogP contribution in [-0.2, 0) is 6.54 Å². The Morgan fingerprint density at radius 2 is 1.69 bits per heavy atom. The molecule has 0 amide bonds. The smallest absolute Gasteiger partial charge is 0.161 e. The van der Waals surface area contributed by atoms with Crippen LogP contribution in [0.1, 0.15) is 4.88 Å². The third kappa shape index (κ3) is 1.96. The third-order valence-corrected chi connectivity index (χ3v) is 3.28. The molecule has 16 heavy (non-hydrogen) atoms. The third-order valence-electron chi connectivity index (χ3n) is 2.14. The number of rotatable bonds is 2. The second-order valence-electron chi connectivity index (χ2n) is 3.22. The first-order valence-corrected chi connectivity index (χ1v) is 5.37. The maximum absolute atomic E-state index is 13.4. The number of benzene rings is 1. The minimum atomic E-state index is -1.18. The Labute approximate surface area is 94.3 Å². The Bertz CT molecular complexity index is 522. The summed E-state index contributed by atoms with van der Waals surface area (Å²) in [6.07, 6.45) is 0. The van der Waals surface area contributed by atoms with Crippen molar-refractivity contribution in [2.75, 3.05) is 0 Å². The summed E-state index contributed by atoms with van der Waals surface area (Å²) in [5.74, 6) is -3.01. The van der Waals surface area contributed by atoms with Gasteiger partial charge in [-0.25, -0.2) is 13.2 Å². The number of hydrogen-bond acceptors (Lipinski definition) is 2. The molecule has 0 unspecified atom stereocenters. The van der Waals surface area contributed by atoms with Crippen molar-refractivity contribution in [2.24, 2.45) is 5.73 Å². The zero-order valence-corrected chi connectivity index (χ0v) is 8.95. The van der Waals surface area contributed by atoms with Gasteiger partial charge in [-0.05, 0) is 18.2 Å². The summed E-state index contributed by atoms with van der Waals surface area (Å²) in [5.41, 5.74) is 5.47. The fraction of sp³-hybridized carbons (Fsp3) is 0.0909. The van der Waals surface area contributed by atoms with Gasteiger partial charge in [-0.15, -0.1) is 11.3 Å². The molecule has 0 aliphatic carbocycles. The van der Waals surface area contributed by atoms with Crippen LogP contribution in [0.5, 0.6) is 0 Å². The first kappa shape index (κ1) is 11.2. The summed E-state index contributed by atoms with van der Waals surface area (Å²) < 4.78 is 39.1. The number of nitrogens with two attached hydrogens (primary N) is 1. The van der Waals surface area contributed by atoms with Crippen LogP contribution in [0, 0.1) is 17.5 Å². The highest BCUT2D eigenvalue weighted by Gasteiger charge is 2.12. The Hall–Kier alpha value is -1.33. The van der Waals surface area contributed by atoms with Crippen molar-refractivity contribution in [3.05, 3.63) is 46.6 Å². The zero-order chi connectivity index (χ0) is 11.7. The maximum atomic E-state index is 13.4. The predicted octanol–water partition coefficient (Wildman–Crippen LogP) is 3.29. The highest BCUT2D eigenvalue weighted by Crippen LogP contribution is 2.31. The summed E-state index contributed by atoms with van der Waals surface area (Å²) in [6, 6.07) is 4.78. The van der Waals surface area contributed by atoms with Gasteiger partial charge in [0, 0.05) is 27.9 Å². The Balaban J connectivity index is 2.51. The van der Waals surface area contributed by atoms with Gasteiger partial charge in [0.1, 0.15) is 5.82 Å². The largest absolute Gasteiger partial charge is 0.326 e. The van der Waals surface area contributed by atoms with E-state index in [0.717, 1.165) is 10.9 Å². The van der Waals surface area contributed by atoms with E-state index >= 15 is 0 Å². The molecular weight excluding hydrogens is 235 g/mol. The van der Waals surface area contributed by atoms with Gasteiger partial charge in [-0.2, -0.15) is 0 Å². The molecule has 0 saturated heterocycles.